The predicted molar refractivity (Wildman–Crippen MR) is 38.0 cm³/mol. The Hall–Kier alpha value is -0.800. The zero-order chi connectivity index (χ0) is 7.98. The van der Waals surface area contributed by atoms with E-state index in [2.05, 4.69) is 17.6 Å². The van der Waals surface area contributed by atoms with Gasteiger partial charge >= 0.3 is 5.97 Å². The van der Waals surface area contributed by atoms with Crippen LogP contribution in [0.25, 0.3) is 0 Å². The highest BCUT2D eigenvalue weighted by molar-refractivity contribution is 7.80. The van der Waals surface area contributed by atoms with Gasteiger partial charge in [-0.15, -0.1) is 0 Å². The molecule has 56 valence electrons. The Morgan fingerprint density at radius 2 is 2.40 bits per heavy atom. The van der Waals surface area contributed by atoms with Crippen LogP contribution in [0.15, 0.2) is 4.99 Å². The van der Waals surface area contributed by atoms with Crippen LogP contribution in [-0.2, 0) is 9.59 Å². The number of hydrogen-bond acceptors (Lipinski definition) is 4. The minimum Gasteiger partial charge on any atom is -0.480 e. The topological polar surface area (TPSA) is 66.7 Å². The van der Waals surface area contributed by atoms with E-state index in [1.54, 1.807) is 0 Å². The van der Waals surface area contributed by atoms with Crippen LogP contribution in [0.2, 0.25) is 0 Å². The van der Waals surface area contributed by atoms with E-state index >= 15 is 0 Å². The third-order valence-corrected chi connectivity index (χ3v) is 1.15. The molecule has 0 aromatic rings. The lowest BCUT2D eigenvalue weighted by Gasteiger charge is -1.99. The Balaban J connectivity index is 3.97. The number of aliphatic imine (C=N–C) groups is 1. The van der Waals surface area contributed by atoms with E-state index in [-0.39, 0.29) is 6.42 Å². The fourth-order valence-corrected chi connectivity index (χ4v) is 0.674. The Morgan fingerprint density at radius 1 is 1.80 bits per heavy atom. The summed E-state index contributed by atoms with van der Waals surface area (Å²) < 4.78 is 0. The standard InChI is InChI=1S/C5H7NO3S/c7-3-6-4(1-2-10)5(8)9/h4,10H,1-2H2,(H,8,9)/t4-/m0/s1. The summed E-state index contributed by atoms with van der Waals surface area (Å²) in [5.41, 5.74) is 0. The summed E-state index contributed by atoms with van der Waals surface area (Å²) in [7, 11) is 0. The van der Waals surface area contributed by atoms with Gasteiger partial charge in [-0.25, -0.2) is 9.59 Å². The second-order valence-corrected chi connectivity index (χ2v) is 2.03. The molecule has 0 saturated heterocycles. The van der Waals surface area contributed by atoms with Crippen molar-refractivity contribution in [2.24, 2.45) is 4.99 Å². The van der Waals surface area contributed by atoms with Crippen LogP contribution in [0.5, 0.6) is 0 Å². The first-order chi connectivity index (χ1) is 4.72. The predicted octanol–water partition coefficient (Wildman–Crippen LogP) is 0.0953. The van der Waals surface area contributed by atoms with Gasteiger partial charge in [0.15, 0.2) is 6.04 Å². The molecule has 0 bridgehead atoms. The first-order valence-electron chi connectivity index (χ1n) is 2.63. The first kappa shape index (κ1) is 9.20. The van der Waals surface area contributed by atoms with Crippen LogP contribution < -0.4 is 0 Å². The van der Waals surface area contributed by atoms with Crippen molar-refractivity contribution in [3.8, 4) is 0 Å². The van der Waals surface area contributed by atoms with Crippen molar-refractivity contribution in [2.45, 2.75) is 12.5 Å². The van der Waals surface area contributed by atoms with Crippen molar-refractivity contribution in [1.29, 1.82) is 0 Å². The van der Waals surface area contributed by atoms with E-state index in [0.717, 1.165) is 0 Å². The number of nitrogens with zero attached hydrogens (tertiary/aromatic N) is 1. The quantitative estimate of drug-likeness (QED) is 0.349. The summed E-state index contributed by atoms with van der Waals surface area (Å²) in [5.74, 6) is -0.722. The fourth-order valence-electron chi connectivity index (χ4n) is 0.429. The third-order valence-electron chi connectivity index (χ3n) is 0.896. The maximum atomic E-state index is 10.2. The molecule has 0 aromatic heterocycles. The summed E-state index contributed by atoms with van der Waals surface area (Å²) >= 11 is 3.79. The molecule has 0 saturated carbocycles. The highest BCUT2D eigenvalue weighted by atomic mass is 32.1. The van der Waals surface area contributed by atoms with E-state index in [0.29, 0.717) is 5.75 Å². The van der Waals surface area contributed by atoms with Crippen molar-refractivity contribution >= 4 is 24.7 Å². The minimum atomic E-state index is -1.11. The maximum Gasteiger partial charge on any atom is 0.329 e. The minimum absolute atomic E-state index is 0.258. The number of isocyanates is 1. The Kier molecular flexibility index (Phi) is 4.62. The molecule has 0 unspecified atom stereocenters. The van der Waals surface area contributed by atoms with Crippen LogP contribution in [0.3, 0.4) is 0 Å². The largest absolute Gasteiger partial charge is 0.480 e. The molecule has 0 aliphatic carbocycles. The molecule has 10 heavy (non-hydrogen) atoms. The highest BCUT2D eigenvalue weighted by Crippen LogP contribution is 1.98. The van der Waals surface area contributed by atoms with Crippen LogP contribution in [-0.4, -0.2) is 29.0 Å². The number of carbonyl (C=O) groups excluding carboxylic acids is 1. The molecule has 0 aliphatic heterocycles. The molecule has 1 atom stereocenters. The second-order valence-electron chi connectivity index (χ2n) is 1.59. The normalized spacial score (nSPS) is 11.7. The molecule has 0 aliphatic rings. The number of rotatable bonds is 4. The summed E-state index contributed by atoms with van der Waals surface area (Å²) in [6.45, 7) is 0. The Morgan fingerprint density at radius 3 is 2.70 bits per heavy atom. The van der Waals surface area contributed by atoms with Gasteiger partial charge in [-0.2, -0.15) is 17.6 Å². The maximum absolute atomic E-state index is 10.2. The van der Waals surface area contributed by atoms with Gasteiger partial charge in [-0.05, 0) is 12.2 Å². The number of carbonyl (C=O) groups is 1. The van der Waals surface area contributed by atoms with Gasteiger partial charge < -0.3 is 5.11 Å². The first-order valence-corrected chi connectivity index (χ1v) is 3.26. The summed E-state index contributed by atoms with van der Waals surface area (Å²) in [6, 6.07) is -0.977. The molecule has 0 heterocycles. The van der Waals surface area contributed by atoms with Gasteiger partial charge in [0.1, 0.15) is 0 Å². The molecule has 5 heteroatoms. The van der Waals surface area contributed by atoms with Crippen molar-refractivity contribution in [3.63, 3.8) is 0 Å². The number of carboxylic acid groups (broad SMARTS) is 1. The summed E-state index contributed by atoms with van der Waals surface area (Å²) in [5, 5.41) is 8.33. The number of aliphatic carboxylic acids is 1. The van der Waals surface area contributed by atoms with Crippen LogP contribution >= 0.6 is 12.6 Å². The average molecular weight is 161 g/mol. The smallest absolute Gasteiger partial charge is 0.329 e. The zero-order valence-electron chi connectivity index (χ0n) is 5.15. The monoisotopic (exact) mass is 161 g/mol. The number of carboxylic acids is 1. The zero-order valence-corrected chi connectivity index (χ0v) is 6.04. The summed E-state index contributed by atoms with van der Waals surface area (Å²) in [6.07, 6.45) is 1.45. The molecule has 1 N–H and O–H groups in total. The highest BCUT2D eigenvalue weighted by Gasteiger charge is 2.13. The lowest BCUT2D eigenvalue weighted by Crippen LogP contribution is -2.17. The van der Waals surface area contributed by atoms with Gasteiger partial charge in [0.2, 0.25) is 6.08 Å². The molecule has 0 radical (unpaired) electrons. The lowest BCUT2D eigenvalue weighted by atomic mass is 10.2. The molecule has 0 spiro atoms. The van der Waals surface area contributed by atoms with Gasteiger partial charge in [0.05, 0.1) is 0 Å². The van der Waals surface area contributed by atoms with E-state index in [9.17, 15) is 9.59 Å². The molecule has 0 rings (SSSR count). The fraction of sp³-hybridized carbons (Fsp3) is 0.600. The molecular formula is C5H7NO3S. The second kappa shape index (κ2) is 5.02. The third kappa shape index (κ3) is 3.27. The Bertz CT molecular complexity index is 162. The number of thiol groups is 1. The molecule has 0 aromatic carbocycles. The van der Waals surface area contributed by atoms with Crippen molar-refractivity contribution in [3.05, 3.63) is 0 Å². The molecule has 0 fully saturated rings. The Labute approximate surface area is 63.4 Å². The van der Waals surface area contributed by atoms with Crippen LogP contribution in [0.1, 0.15) is 6.42 Å². The average Bonchev–Trinajstić information content (AvgIpc) is 1.87. The molecule has 0 amide bonds. The van der Waals surface area contributed by atoms with Gasteiger partial charge in [0.25, 0.3) is 0 Å². The van der Waals surface area contributed by atoms with E-state index in [4.69, 9.17) is 5.11 Å². The van der Waals surface area contributed by atoms with Gasteiger partial charge in [-0.3, -0.25) is 0 Å². The van der Waals surface area contributed by atoms with Crippen LogP contribution in [0, 0.1) is 0 Å². The van der Waals surface area contributed by atoms with Gasteiger partial charge in [0, 0.05) is 0 Å². The lowest BCUT2D eigenvalue weighted by molar-refractivity contribution is -0.138. The SMILES string of the molecule is O=C=N[C@@H](CCS)C(=O)O. The van der Waals surface area contributed by atoms with Crippen molar-refractivity contribution in [1.82, 2.24) is 0 Å². The summed E-state index contributed by atoms with van der Waals surface area (Å²) in [4.78, 5) is 22.8. The number of hydrogen-bond donors (Lipinski definition) is 2. The molecular weight excluding hydrogens is 154 g/mol. The molecule has 4 nitrogen and oxygen atoms in total. The van der Waals surface area contributed by atoms with E-state index in [1.165, 1.54) is 6.08 Å². The van der Waals surface area contributed by atoms with Gasteiger partial charge in [-0.1, -0.05) is 0 Å². The van der Waals surface area contributed by atoms with E-state index < -0.39 is 12.0 Å². The van der Waals surface area contributed by atoms with E-state index in [1.807, 2.05) is 0 Å². The van der Waals surface area contributed by atoms with Crippen molar-refractivity contribution in [2.75, 3.05) is 5.75 Å². The van der Waals surface area contributed by atoms with Crippen LogP contribution in [0.4, 0.5) is 0 Å². The van der Waals surface area contributed by atoms with Crippen molar-refractivity contribution < 1.29 is 14.7 Å².